The average molecular weight is 532 g/mol. The van der Waals surface area contributed by atoms with Gasteiger partial charge in [0.05, 0.1) is 11.1 Å². The fourth-order valence-corrected chi connectivity index (χ4v) is 5.15. The fourth-order valence-electron chi connectivity index (χ4n) is 4.21. The maximum absolute atomic E-state index is 13.0. The molecule has 3 N–H and O–H groups in total. The van der Waals surface area contributed by atoms with E-state index in [2.05, 4.69) is 20.0 Å². The molecule has 0 spiro atoms. The van der Waals surface area contributed by atoms with Crippen LogP contribution in [0.5, 0.6) is 11.5 Å². The van der Waals surface area contributed by atoms with Crippen molar-refractivity contribution in [1.82, 2.24) is 14.7 Å². The number of carbonyl (C=O) groups excluding carboxylic acids is 1. The molecule has 2 aromatic carbocycles. The molecule has 194 valence electrons. The number of anilines is 1. The molecule has 0 saturated carbocycles. The molecule has 1 aliphatic rings. The Balaban J connectivity index is 1.31. The van der Waals surface area contributed by atoms with Crippen molar-refractivity contribution in [3.05, 3.63) is 78.1 Å². The first-order valence-electron chi connectivity index (χ1n) is 12.1. The number of amides is 1. The van der Waals surface area contributed by atoms with Gasteiger partial charge in [-0.1, -0.05) is 12.1 Å². The molecular weight excluding hydrogens is 506 g/mol. The second-order valence-electron chi connectivity index (χ2n) is 8.88. The van der Waals surface area contributed by atoms with E-state index in [0.717, 1.165) is 29.9 Å². The van der Waals surface area contributed by atoms with E-state index in [-0.39, 0.29) is 21.8 Å². The number of nitrogens with one attached hydrogen (secondary N) is 3. The third-order valence-corrected chi connectivity index (χ3v) is 7.60. The van der Waals surface area contributed by atoms with Crippen molar-refractivity contribution in [3.63, 3.8) is 0 Å². The van der Waals surface area contributed by atoms with Gasteiger partial charge < -0.3 is 19.8 Å². The molecule has 1 aliphatic heterocycles. The Labute approximate surface area is 219 Å². The van der Waals surface area contributed by atoms with Gasteiger partial charge in [0, 0.05) is 43.1 Å². The number of hydrogen-bond donors (Lipinski definition) is 3. The summed E-state index contributed by atoms with van der Waals surface area (Å²) in [5, 5.41) is 13.6. The number of benzene rings is 2. The van der Waals surface area contributed by atoms with Crippen LogP contribution in [0.15, 0.2) is 71.9 Å². The van der Waals surface area contributed by atoms with Crippen LogP contribution in [0.1, 0.15) is 28.8 Å². The van der Waals surface area contributed by atoms with Crippen LogP contribution < -0.4 is 14.8 Å². The number of fused-ring (bicyclic) bond motifs is 1. The van der Waals surface area contributed by atoms with E-state index in [1.54, 1.807) is 24.3 Å². The number of carbonyl (C=O) groups is 1. The zero-order valence-electron chi connectivity index (χ0n) is 20.3. The number of rotatable bonds is 8. The van der Waals surface area contributed by atoms with Crippen molar-refractivity contribution >= 4 is 32.7 Å². The van der Waals surface area contributed by atoms with Crippen molar-refractivity contribution in [2.24, 2.45) is 5.92 Å². The molecule has 38 heavy (non-hydrogen) atoms. The van der Waals surface area contributed by atoms with E-state index >= 15 is 0 Å². The number of ether oxygens (including phenoxy) is 2. The lowest BCUT2D eigenvalue weighted by Crippen LogP contribution is -2.31. The molecule has 1 amide bonds. The number of sulfonamides is 1. The summed E-state index contributed by atoms with van der Waals surface area (Å²) in [6.07, 6.45) is 4.73. The Morgan fingerprint density at radius 2 is 1.97 bits per heavy atom. The Morgan fingerprint density at radius 3 is 2.79 bits per heavy atom. The molecule has 0 unspecified atom stereocenters. The highest BCUT2D eigenvalue weighted by Crippen LogP contribution is 2.28. The van der Waals surface area contributed by atoms with Gasteiger partial charge in [-0.2, -0.15) is 5.26 Å². The largest absolute Gasteiger partial charge is 0.457 e. The third kappa shape index (κ3) is 5.61. The molecule has 0 radical (unpaired) electrons. The SMILES string of the molecule is N#Cc1cc(S(=O)(=O)NC(=O)c2ccccc2Oc2ccc3[nH]ccc3c2)cnc1NCC1CCOCC1. The van der Waals surface area contributed by atoms with Crippen molar-refractivity contribution in [3.8, 4) is 17.6 Å². The molecule has 0 atom stereocenters. The van der Waals surface area contributed by atoms with E-state index in [0.29, 0.717) is 37.2 Å². The first-order valence-corrected chi connectivity index (χ1v) is 13.5. The van der Waals surface area contributed by atoms with Gasteiger partial charge in [0.1, 0.15) is 28.3 Å². The van der Waals surface area contributed by atoms with Crippen LogP contribution in [0, 0.1) is 17.2 Å². The minimum Gasteiger partial charge on any atom is -0.457 e. The molecule has 11 heteroatoms. The molecule has 4 aromatic rings. The van der Waals surface area contributed by atoms with Gasteiger partial charge in [0.25, 0.3) is 15.9 Å². The van der Waals surface area contributed by atoms with E-state index in [1.807, 2.05) is 30.5 Å². The highest BCUT2D eigenvalue weighted by molar-refractivity contribution is 7.90. The number of aromatic amines is 1. The molecule has 2 aromatic heterocycles. The summed E-state index contributed by atoms with van der Waals surface area (Å²) in [6, 6.07) is 16.8. The summed E-state index contributed by atoms with van der Waals surface area (Å²) in [5.74, 6) is 0.489. The first kappa shape index (κ1) is 25.3. The zero-order valence-corrected chi connectivity index (χ0v) is 21.1. The number of hydrogen-bond acceptors (Lipinski definition) is 8. The van der Waals surface area contributed by atoms with Crippen LogP contribution in [0.3, 0.4) is 0 Å². The van der Waals surface area contributed by atoms with Gasteiger partial charge in [-0.15, -0.1) is 0 Å². The molecule has 10 nitrogen and oxygen atoms in total. The van der Waals surface area contributed by atoms with Gasteiger partial charge >= 0.3 is 0 Å². The quantitative estimate of drug-likeness (QED) is 0.307. The summed E-state index contributed by atoms with van der Waals surface area (Å²) >= 11 is 0. The first-order chi connectivity index (χ1) is 18.4. The highest BCUT2D eigenvalue weighted by Gasteiger charge is 2.23. The van der Waals surface area contributed by atoms with Crippen molar-refractivity contribution < 1.29 is 22.7 Å². The number of aromatic nitrogens is 2. The molecule has 5 rings (SSSR count). The molecule has 1 saturated heterocycles. The van der Waals surface area contributed by atoms with Crippen molar-refractivity contribution in [2.75, 3.05) is 25.1 Å². The van der Waals surface area contributed by atoms with E-state index in [4.69, 9.17) is 9.47 Å². The number of H-pyrrole nitrogens is 1. The lowest BCUT2D eigenvalue weighted by Gasteiger charge is -2.22. The maximum atomic E-state index is 13.0. The Morgan fingerprint density at radius 1 is 1.16 bits per heavy atom. The number of para-hydroxylation sites is 1. The van der Waals surface area contributed by atoms with Crippen LogP contribution in [-0.4, -0.2) is 44.1 Å². The monoisotopic (exact) mass is 531 g/mol. The maximum Gasteiger partial charge on any atom is 0.268 e. The normalized spacial score (nSPS) is 14.1. The molecule has 0 aliphatic carbocycles. The van der Waals surface area contributed by atoms with Crippen LogP contribution in [-0.2, 0) is 14.8 Å². The minimum absolute atomic E-state index is 0.0356. The van der Waals surface area contributed by atoms with Crippen molar-refractivity contribution in [2.45, 2.75) is 17.7 Å². The van der Waals surface area contributed by atoms with Crippen LogP contribution >= 0.6 is 0 Å². The standard InChI is InChI=1S/C27H25N5O5S/c28-15-20-14-22(17-31-26(20)30-16-18-8-11-36-12-9-18)38(34,35)32-27(33)23-3-1-2-4-25(23)37-21-5-6-24-19(13-21)7-10-29-24/h1-7,10,13-14,17-18,29H,8-9,11-12,16H2,(H,30,31)(H,32,33). The van der Waals surface area contributed by atoms with Gasteiger partial charge in [0.15, 0.2) is 0 Å². The topological polar surface area (TPSA) is 146 Å². The van der Waals surface area contributed by atoms with E-state index in [9.17, 15) is 18.5 Å². The fraction of sp³-hybridized carbons (Fsp3) is 0.222. The summed E-state index contributed by atoms with van der Waals surface area (Å²) in [6.45, 7) is 1.98. The van der Waals surface area contributed by atoms with Gasteiger partial charge in [0.2, 0.25) is 0 Å². The van der Waals surface area contributed by atoms with Crippen LogP contribution in [0.4, 0.5) is 5.82 Å². The Kier molecular flexibility index (Phi) is 7.26. The number of nitrogens with zero attached hydrogens (tertiary/aromatic N) is 2. The second-order valence-corrected chi connectivity index (χ2v) is 10.6. The van der Waals surface area contributed by atoms with Gasteiger partial charge in [-0.3, -0.25) is 4.79 Å². The summed E-state index contributed by atoms with van der Waals surface area (Å²) < 4.78 is 39.4. The molecule has 3 heterocycles. The van der Waals surface area contributed by atoms with E-state index < -0.39 is 15.9 Å². The van der Waals surface area contributed by atoms with Crippen molar-refractivity contribution in [1.29, 1.82) is 5.26 Å². The third-order valence-electron chi connectivity index (χ3n) is 6.30. The van der Waals surface area contributed by atoms with Gasteiger partial charge in [-0.05, 0) is 61.2 Å². The zero-order chi connectivity index (χ0) is 26.5. The lowest BCUT2D eigenvalue weighted by atomic mass is 10.0. The minimum atomic E-state index is -4.32. The Bertz CT molecular complexity index is 1620. The highest BCUT2D eigenvalue weighted by atomic mass is 32.2. The average Bonchev–Trinajstić information content (AvgIpc) is 3.40. The molecule has 1 fully saturated rings. The molecule has 0 bridgehead atoms. The Hall–Kier alpha value is -4.40. The second kappa shape index (κ2) is 10.9. The summed E-state index contributed by atoms with van der Waals surface area (Å²) in [4.78, 5) is 20.0. The summed E-state index contributed by atoms with van der Waals surface area (Å²) in [5.41, 5.74) is 1.04. The lowest BCUT2D eigenvalue weighted by molar-refractivity contribution is 0.0699. The smallest absolute Gasteiger partial charge is 0.268 e. The summed E-state index contributed by atoms with van der Waals surface area (Å²) in [7, 11) is -4.32. The van der Waals surface area contributed by atoms with Crippen LogP contribution in [0.25, 0.3) is 10.9 Å². The predicted octanol–water partition coefficient (Wildman–Crippen LogP) is 4.18. The van der Waals surface area contributed by atoms with Gasteiger partial charge in [-0.25, -0.2) is 18.1 Å². The van der Waals surface area contributed by atoms with E-state index in [1.165, 1.54) is 12.1 Å². The number of pyridine rings is 1. The predicted molar refractivity (Wildman–Crippen MR) is 140 cm³/mol. The molecular formula is C27H25N5O5S. The number of nitriles is 1. The van der Waals surface area contributed by atoms with Crippen LogP contribution in [0.2, 0.25) is 0 Å².